The second-order valence-corrected chi connectivity index (χ2v) is 12.0. The molecule has 5 heteroatoms. The molecule has 5 aromatic carbocycles. The van der Waals surface area contributed by atoms with Crippen LogP contribution in [0.1, 0.15) is 24.5 Å². The monoisotopic (exact) mass is 594 g/mol. The Labute approximate surface area is 264 Å². The average molecular weight is 595 g/mol. The summed E-state index contributed by atoms with van der Waals surface area (Å²) in [5, 5.41) is 16.8. The van der Waals surface area contributed by atoms with E-state index in [0.717, 1.165) is 64.0 Å². The molecule has 0 radical (unpaired) electrons. The number of nitrogens with zero attached hydrogens (tertiary/aromatic N) is 2. The Balaban J connectivity index is 0.000000146. The van der Waals surface area contributed by atoms with Crippen molar-refractivity contribution in [3.05, 3.63) is 134 Å². The van der Waals surface area contributed by atoms with E-state index in [2.05, 4.69) is 58.9 Å². The SMILES string of the molecule is C=C[C@H]1CN2CC[C@H]1C[C@@H]2[C@@H](O)c1ccnc2ccc(OC)cc12.c1ccc2c(Oc3cccc4ccccc34)cccc2c1. The summed E-state index contributed by atoms with van der Waals surface area (Å²) in [6, 6.07) is 36.8. The van der Waals surface area contributed by atoms with Gasteiger partial charge in [-0.15, -0.1) is 6.58 Å². The highest BCUT2D eigenvalue weighted by atomic mass is 16.5. The third kappa shape index (κ3) is 5.77. The fourth-order valence-electron chi connectivity index (χ4n) is 7.13. The van der Waals surface area contributed by atoms with Crippen LogP contribution < -0.4 is 9.47 Å². The number of rotatable bonds is 6. The Morgan fingerprint density at radius 2 is 1.51 bits per heavy atom. The topological polar surface area (TPSA) is 54.8 Å². The summed E-state index contributed by atoms with van der Waals surface area (Å²) in [5.74, 6) is 3.79. The third-order valence-corrected chi connectivity index (χ3v) is 9.54. The van der Waals surface area contributed by atoms with Gasteiger partial charge in [0, 0.05) is 34.9 Å². The Morgan fingerprint density at radius 3 is 2.13 bits per heavy atom. The minimum absolute atomic E-state index is 0.178. The molecule has 0 amide bonds. The van der Waals surface area contributed by atoms with Crippen molar-refractivity contribution >= 4 is 32.4 Å². The van der Waals surface area contributed by atoms with Gasteiger partial charge in [0.05, 0.1) is 18.7 Å². The van der Waals surface area contributed by atoms with Crippen molar-refractivity contribution in [2.45, 2.75) is 25.0 Å². The second-order valence-electron chi connectivity index (χ2n) is 12.0. The van der Waals surface area contributed by atoms with Crippen LogP contribution in [0.4, 0.5) is 0 Å². The Morgan fingerprint density at radius 1 is 0.844 bits per heavy atom. The lowest BCUT2D eigenvalue weighted by atomic mass is 9.73. The van der Waals surface area contributed by atoms with Crippen molar-refractivity contribution in [3.63, 3.8) is 0 Å². The summed E-state index contributed by atoms with van der Waals surface area (Å²) in [4.78, 5) is 6.86. The molecule has 0 saturated carbocycles. The summed E-state index contributed by atoms with van der Waals surface area (Å²) in [6.07, 6.45) is 5.62. The van der Waals surface area contributed by atoms with Gasteiger partial charge in [0.2, 0.25) is 0 Å². The van der Waals surface area contributed by atoms with E-state index in [-0.39, 0.29) is 6.04 Å². The van der Waals surface area contributed by atoms with Crippen LogP contribution in [-0.2, 0) is 0 Å². The lowest BCUT2D eigenvalue weighted by Crippen LogP contribution is -2.54. The van der Waals surface area contributed by atoms with Crippen molar-refractivity contribution in [1.29, 1.82) is 0 Å². The van der Waals surface area contributed by atoms with Gasteiger partial charge < -0.3 is 14.6 Å². The molecule has 3 aliphatic rings. The molecular formula is C40H38N2O3. The summed E-state index contributed by atoms with van der Waals surface area (Å²) in [5.41, 5.74) is 1.85. The highest BCUT2D eigenvalue weighted by molar-refractivity contribution is 5.91. The molecule has 1 unspecified atom stereocenters. The molecule has 45 heavy (non-hydrogen) atoms. The van der Waals surface area contributed by atoms with Gasteiger partial charge in [-0.25, -0.2) is 0 Å². The molecule has 5 atom stereocenters. The fraction of sp³-hybridized carbons (Fsp3) is 0.225. The number of aliphatic hydroxyl groups excluding tert-OH is 1. The number of aromatic nitrogens is 1. The molecule has 1 aromatic heterocycles. The predicted octanol–water partition coefficient (Wildman–Crippen LogP) is 8.96. The van der Waals surface area contributed by atoms with E-state index in [4.69, 9.17) is 9.47 Å². The number of hydrogen-bond acceptors (Lipinski definition) is 5. The molecule has 2 bridgehead atoms. The van der Waals surface area contributed by atoms with E-state index < -0.39 is 6.10 Å². The van der Waals surface area contributed by atoms with Gasteiger partial charge in [-0.2, -0.15) is 0 Å². The number of ether oxygens (including phenoxy) is 2. The van der Waals surface area contributed by atoms with Crippen molar-refractivity contribution < 1.29 is 14.6 Å². The second kappa shape index (κ2) is 12.7. The maximum atomic E-state index is 11.2. The highest BCUT2D eigenvalue weighted by Crippen LogP contribution is 2.42. The van der Waals surface area contributed by atoms with Gasteiger partial charge in [0.15, 0.2) is 0 Å². The number of benzene rings is 5. The van der Waals surface area contributed by atoms with Crippen molar-refractivity contribution in [3.8, 4) is 17.2 Å². The smallest absolute Gasteiger partial charge is 0.135 e. The van der Waals surface area contributed by atoms with Gasteiger partial charge in [-0.05, 0) is 84.0 Å². The maximum absolute atomic E-state index is 11.2. The molecule has 226 valence electrons. The van der Waals surface area contributed by atoms with Gasteiger partial charge in [0.1, 0.15) is 17.2 Å². The van der Waals surface area contributed by atoms with Crippen molar-refractivity contribution in [2.24, 2.45) is 11.8 Å². The first-order valence-corrected chi connectivity index (χ1v) is 15.7. The number of hydrogen-bond donors (Lipinski definition) is 1. The average Bonchev–Trinajstić information content (AvgIpc) is 3.11. The zero-order valence-corrected chi connectivity index (χ0v) is 25.6. The quantitative estimate of drug-likeness (QED) is 0.195. The van der Waals surface area contributed by atoms with Gasteiger partial charge in [-0.1, -0.05) is 78.9 Å². The van der Waals surface area contributed by atoms with Crippen LogP contribution in [0.5, 0.6) is 17.2 Å². The van der Waals surface area contributed by atoms with Crippen molar-refractivity contribution in [1.82, 2.24) is 9.88 Å². The molecule has 9 rings (SSSR count). The van der Waals surface area contributed by atoms with E-state index in [1.165, 1.54) is 17.2 Å². The van der Waals surface area contributed by atoms with Crippen LogP contribution in [0.25, 0.3) is 32.4 Å². The first-order valence-electron chi connectivity index (χ1n) is 15.7. The van der Waals surface area contributed by atoms with Gasteiger partial charge in [0.25, 0.3) is 0 Å². The summed E-state index contributed by atoms with van der Waals surface area (Å²) in [6.45, 7) is 6.07. The highest BCUT2D eigenvalue weighted by Gasteiger charge is 2.42. The van der Waals surface area contributed by atoms with E-state index in [9.17, 15) is 5.11 Å². The first-order chi connectivity index (χ1) is 22.1. The normalized spacial score (nSPS) is 21.2. The standard InChI is InChI=1S/C20H24N2O2.C20H14O/c1-3-13-12-22-9-7-14(13)10-19(22)20(23)16-6-8-21-18-5-4-15(24-2)11-17(16)18;1-3-11-17-15(7-1)9-5-13-19(17)21-20-14-6-10-16-8-2-4-12-18(16)20/h3-6,8,11,13-14,19-20,23H,1,7,9-10,12H2,2H3;1-14H/t13-,14-,19+,20-;/m0./s1. The molecule has 3 fully saturated rings. The third-order valence-electron chi connectivity index (χ3n) is 9.54. The predicted molar refractivity (Wildman–Crippen MR) is 183 cm³/mol. The summed E-state index contributed by atoms with van der Waals surface area (Å²) < 4.78 is 11.6. The summed E-state index contributed by atoms with van der Waals surface area (Å²) >= 11 is 0. The van der Waals surface area contributed by atoms with E-state index >= 15 is 0 Å². The molecule has 0 aliphatic carbocycles. The van der Waals surface area contributed by atoms with Gasteiger partial charge >= 0.3 is 0 Å². The van der Waals surface area contributed by atoms with Crippen LogP contribution in [0.15, 0.2) is 128 Å². The number of aliphatic hydroxyl groups is 1. The lowest BCUT2D eigenvalue weighted by molar-refractivity contribution is -0.0444. The van der Waals surface area contributed by atoms with Crippen LogP contribution >= 0.6 is 0 Å². The van der Waals surface area contributed by atoms with E-state index in [1.807, 2.05) is 72.8 Å². The van der Waals surface area contributed by atoms with Crippen LogP contribution in [0, 0.1) is 11.8 Å². The van der Waals surface area contributed by atoms with E-state index in [0.29, 0.717) is 11.8 Å². The molecule has 1 N–H and O–H groups in total. The zero-order valence-electron chi connectivity index (χ0n) is 25.6. The van der Waals surface area contributed by atoms with E-state index in [1.54, 1.807) is 13.3 Å². The summed E-state index contributed by atoms with van der Waals surface area (Å²) in [7, 11) is 1.66. The van der Waals surface area contributed by atoms with Crippen LogP contribution in [0.2, 0.25) is 0 Å². The number of fused-ring (bicyclic) bond motifs is 6. The number of methoxy groups -OCH3 is 1. The molecule has 3 aliphatic heterocycles. The molecule has 0 spiro atoms. The molecule has 3 saturated heterocycles. The van der Waals surface area contributed by atoms with Crippen LogP contribution in [-0.4, -0.2) is 41.2 Å². The molecule has 4 heterocycles. The fourth-order valence-corrected chi connectivity index (χ4v) is 7.13. The molecule has 5 nitrogen and oxygen atoms in total. The molecular weight excluding hydrogens is 556 g/mol. The number of pyridine rings is 1. The Kier molecular flexibility index (Phi) is 8.21. The lowest BCUT2D eigenvalue weighted by Gasteiger charge is -2.50. The van der Waals surface area contributed by atoms with Crippen molar-refractivity contribution in [2.75, 3.05) is 20.2 Å². The maximum Gasteiger partial charge on any atom is 0.135 e. The number of piperidine rings is 3. The first kappa shape index (κ1) is 29.0. The Hall–Kier alpha value is -4.71. The largest absolute Gasteiger partial charge is 0.497 e. The zero-order chi connectivity index (χ0) is 30.8. The minimum atomic E-state index is -0.504. The Bertz CT molecular complexity index is 1880. The van der Waals surface area contributed by atoms with Gasteiger partial charge in [-0.3, -0.25) is 9.88 Å². The van der Waals surface area contributed by atoms with Crippen LogP contribution in [0.3, 0.4) is 0 Å². The molecule has 6 aromatic rings. The minimum Gasteiger partial charge on any atom is -0.497 e.